The summed E-state index contributed by atoms with van der Waals surface area (Å²) >= 11 is 0. The van der Waals surface area contributed by atoms with Crippen molar-refractivity contribution in [3.05, 3.63) is 46.8 Å². The molecule has 2 aliphatic carbocycles. The molecule has 2 N–H and O–H groups in total. The van der Waals surface area contributed by atoms with Gasteiger partial charge in [-0.05, 0) is 62.8 Å². The van der Waals surface area contributed by atoms with Gasteiger partial charge in [0, 0.05) is 24.5 Å². The predicted molar refractivity (Wildman–Crippen MR) is 78.2 cm³/mol. The maximum Gasteiger partial charge on any atom is 0.0115 e. The molecule has 2 heteroatoms. The first-order valence-electron chi connectivity index (χ1n) is 7.11. The molecule has 0 radical (unpaired) electrons. The quantitative estimate of drug-likeness (QED) is 0.774. The molecule has 2 nitrogen and oxygen atoms in total. The van der Waals surface area contributed by atoms with Crippen LogP contribution < -0.4 is 10.6 Å². The molecule has 0 aromatic heterocycles. The summed E-state index contributed by atoms with van der Waals surface area (Å²) in [6.45, 7) is 6.34. The third kappa shape index (κ3) is 3.28. The first kappa shape index (κ1) is 13.0. The molecule has 0 atom stereocenters. The van der Waals surface area contributed by atoms with Crippen LogP contribution in [-0.4, -0.2) is 13.1 Å². The monoisotopic (exact) mass is 244 g/mol. The molecule has 0 heterocycles. The molecule has 0 unspecified atom stereocenters. The maximum atomic E-state index is 3.41. The van der Waals surface area contributed by atoms with Crippen LogP contribution >= 0.6 is 0 Å². The number of hydrogen-bond donors (Lipinski definition) is 2. The summed E-state index contributed by atoms with van der Waals surface area (Å²) in [7, 11) is 0. The zero-order valence-corrected chi connectivity index (χ0v) is 11.6. The van der Waals surface area contributed by atoms with Crippen molar-refractivity contribution < 1.29 is 0 Å². The van der Waals surface area contributed by atoms with Gasteiger partial charge < -0.3 is 10.6 Å². The maximum absolute atomic E-state index is 3.41. The summed E-state index contributed by atoms with van der Waals surface area (Å²) in [5, 5.41) is 6.81. The molecule has 0 saturated heterocycles. The van der Waals surface area contributed by atoms with E-state index in [1.165, 1.54) is 35.4 Å². The topological polar surface area (TPSA) is 24.1 Å². The van der Waals surface area contributed by atoms with Crippen LogP contribution in [0.4, 0.5) is 0 Å². The molecule has 0 saturated carbocycles. The standard InChI is InChI=1S/C16H24N2/c1-3-17-15-9-5-13(6-10-15)14-7-11-16(12-8-14)18-4-2/h5,7,9,11,17-18H,3-4,6,8,10,12H2,1-2H3. The van der Waals surface area contributed by atoms with Crippen LogP contribution in [0.2, 0.25) is 0 Å². The predicted octanol–water partition coefficient (Wildman–Crippen LogP) is 3.41. The highest BCUT2D eigenvalue weighted by Gasteiger charge is 2.12. The van der Waals surface area contributed by atoms with Crippen molar-refractivity contribution in [3.63, 3.8) is 0 Å². The Bertz CT molecular complexity index is 371. The molecular weight excluding hydrogens is 220 g/mol. The minimum atomic E-state index is 1.02. The molecule has 0 bridgehead atoms. The van der Waals surface area contributed by atoms with E-state index in [0.717, 1.165) is 25.9 Å². The smallest absolute Gasteiger partial charge is 0.0115 e. The van der Waals surface area contributed by atoms with E-state index in [0.29, 0.717) is 0 Å². The Hall–Kier alpha value is -1.44. The van der Waals surface area contributed by atoms with Gasteiger partial charge in [0.2, 0.25) is 0 Å². The number of rotatable bonds is 5. The molecule has 2 aliphatic rings. The van der Waals surface area contributed by atoms with E-state index in [9.17, 15) is 0 Å². The van der Waals surface area contributed by atoms with Crippen molar-refractivity contribution in [1.82, 2.24) is 10.6 Å². The van der Waals surface area contributed by atoms with Crippen molar-refractivity contribution >= 4 is 0 Å². The third-order valence-corrected chi connectivity index (χ3v) is 3.52. The van der Waals surface area contributed by atoms with Crippen LogP contribution in [-0.2, 0) is 0 Å². The minimum absolute atomic E-state index is 1.02. The first-order chi connectivity index (χ1) is 8.83. The molecular formula is C16H24N2. The summed E-state index contributed by atoms with van der Waals surface area (Å²) in [6, 6.07) is 0. The van der Waals surface area contributed by atoms with E-state index >= 15 is 0 Å². The second-order valence-corrected chi connectivity index (χ2v) is 4.83. The first-order valence-corrected chi connectivity index (χ1v) is 7.11. The Kier molecular flexibility index (Phi) is 4.68. The minimum Gasteiger partial charge on any atom is -0.389 e. The SMILES string of the molecule is CCNC1=CC=C(C2=CC=C(NCC)CC2)CC1. The van der Waals surface area contributed by atoms with Crippen LogP contribution in [0.1, 0.15) is 39.5 Å². The zero-order chi connectivity index (χ0) is 12.8. The fourth-order valence-corrected chi connectivity index (χ4v) is 2.56. The molecule has 0 fully saturated rings. The Balaban J connectivity index is 2.02. The van der Waals surface area contributed by atoms with Crippen molar-refractivity contribution in [2.75, 3.05) is 13.1 Å². The van der Waals surface area contributed by atoms with Crippen LogP contribution in [0, 0.1) is 0 Å². The average molecular weight is 244 g/mol. The molecule has 0 aromatic rings. The van der Waals surface area contributed by atoms with E-state index in [2.05, 4.69) is 48.8 Å². The van der Waals surface area contributed by atoms with E-state index in [4.69, 9.17) is 0 Å². The lowest BCUT2D eigenvalue weighted by Gasteiger charge is -2.21. The fourth-order valence-electron chi connectivity index (χ4n) is 2.56. The van der Waals surface area contributed by atoms with Gasteiger partial charge in [0.15, 0.2) is 0 Å². The molecule has 0 aromatic carbocycles. The molecule has 98 valence electrons. The summed E-state index contributed by atoms with van der Waals surface area (Å²) in [6.07, 6.45) is 13.7. The van der Waals surface area contributed by atoms with Gasteiger partial charge in [-0.25, -0.2) is 0 Å². The molecule has 2 rings (SSSR count). The van der Waals surface area contributed by atoms with Gasteiger partial charge in [-0.2, -0.15) is 0 Å². The van der Waals surface area contributed by atoms with E-state index in [-0.39, 0.29) is 0 Å². The Morgan fingerprint density at radius 1 is 0.722 bits per heavy atom. The Morgan fingerprint density at radius 3 is 1.44 bits per heavy atom. The highest BCUT2D eigenvalue weighted by Crippen LogP contribution is 2.29. The fraction of sp³-hybridized carbons (Fsp3) is 0.500. The van der Waals surface area contributed by atoms with Gasteiger partial charge in [-0.3, -0.25) is 0 Å². The van der Waals surface area contributed by atoms with Crippen LogP contribution in [0.15, 0.2) is 46.8 Å². The second kappa shape index (κ2) is 6.48. The van der Waals surface area contributed by atoms with Crippen LogP contribution in [0.3, 0.4) is 0 Å². The van der Waals surface area contributed by atoms with Crippen molar-refractivity contribution in [2.45, 2.75) is 39.5 Å². The van der Waals surface area contributed by atoms with Crippen molar-refractivity contribution in [3.8, 4) is 0 Å². The summed E-state index contributed by atoms with van der Waals surface area (Å²) < 4.78 is 0. The zero-order valence-electron chi connectivity index (χ0n) is 11.6. The van der Waals surface area contributed by atoms with Gasteiger partial charge in [-0.1, -0.05) is 12.2 Å². The van der Waals surface area contributed by atoms with E-state index in [1.807, 2.05) is 0 Å². The van der Waals surface area contributed by atoms with Gasteiger partial charge >= 0.3 is 0 Å². The summed E-state index contributed by atoms with van der Waals surface area (Å²) in [5.74, 6) is 0. The highest BCUT2D eigenvalue weighted by molar-refractivity contribution is 5.42. The molecule has 0 aliphatic heterocycles. The molecule has 18 heavy (non-hydrogen) atoms. The van der Waals surface area contributed by atoms with Crippen LogP contribution in [0.5, 0.6) is 0 Å². The van der Waals surface area contributed by atoms with Gasteiger partial charge in [0.05, 0.1) is 0 Å². The lowest BCUT2D eigenvalue weighted by molar-refractivity contribution is 0.737. The Morgan fingerprint density at radius 2 is 1.17 bits per heavy atom. The van der Waals surface area contributed by atoms with Gasteiger partial charge in [-0.15, -0.1) is 0 Å². The highest BCUT2D eigenvalue weighted by atomic mass is 14.9. The van der Waals surface area contributed by atoms with E-state index < -0.39 is 0 Å². The van der Waals surface area contributed by atoms with Crippen molar-refractivity contribution in [1.29, 1.82) is 0 Å². The number of nitrogens with one attached hydrogen (secondary N) is 2. The largest absolute Gasteiger partial charge is 0.389 e. The molecule has 0 spiro atoms. The number of allylic oxidation sites excluding steroid dienone is 8. The van der Waals surface area contributed by atoms with Crippen LogP contribution in [0.25, 0.3) is 0 Å². The summed E-state index contributed by atoms with van der Waals surface area (Å²) in [5.41, 5.74) is 5.79. The van der Waals surface area contributed by atoms with Gasteiger partial charge in [0.25, 0.3) is 0 Å². The average Bonchev–Trinajstić information content (AvgIpc) is 2.41. The lowest BCUT2D eigenvalue weighted by Crippen LogP contribution is -2.15. The van der Waals surface area contributed by atoms with Crippen molar-refractivity contribution in [2.24, 2.45) is 0 Å². The normalized spacial score (nSPS) is 19.4. The lowest BCUT2D eigenvalue weighted by atomic mass is 9.90. The molecule has 0 amide bonds. The van der Waals surface area contributed by atoms with E-state index in [1.54, 1.807) is 0 Å². The number of hydrogen-bond acceptors (Lipinski definition) is 2. The third-order valence-electron chi connectivity index (χ3n) is 3.52. The second-order valence-electron chi connectivity index (χ2n) is 4.83. The van der Waals surface area contributed by atoms with Gasteiger partial charge in [0.1, 0.15) is 0 Å². The summed E-state index contributed by atoms with van der Waals surface area (Å²) in [4.78, 5) is 0. The Labute approximate surface area is 111 Å².